The molecule has 1 heterocycles. The molecule has 0 radical (unpaired) electrons. The lowest BCUT2D eigenvalue weighted by Gasteiger charge is -2.17. The number of esters is 1. The van der Waals surface area contributed by atoms with Gasteiger partial charge in [-0.1, -0.05) is 96.8 Å². The average Bonchev–Trinajstić information content (AvgIpc) is 3.38. The Bertz CT molecular complexity index is 1610. The summed E-state index contributed by atoms with van der Waals surface area (Å²) in [5.74, 6) is 7.25. The van der Waals surface area contributed by atoms with Crippen LogP contribution in [0.1, 0.15) is 41.0 Å². The van der Waals surface area contributed by atoms with Gasteiger partial charge in [-0.15, -0.1) is 0 Å². The van der Waals surface area contributed by atoms with E-state index < -0.39 is 0 Å². The van der Waals surface area contributed by atoms with Crippen LogP contribution >= 0.6 is 0 Å². The number of ether oxygens (including phenoxy) is 1. The molecule has 198 valence electrons. The van der Waals surface area contributed by atoms with E-state index in [2.05, 4.69) is 41.1 Å². The first-order chi connectivity index (χ1) is 19.6. The zero-order chi connectivity index (χ0) is 27.7. The summed E-state index contributed by atoms with van der Waals surface area (Å²) in [6.07, 6.45) is 1.06. The third kappa shape index (κ3) is 6.57. The lowest BCUT2D eigenvalue weighted by atomic mass is 9.90. The second-order valence-corrected chi connectivity index (χ2v) is 9.56. The summed E-state index contributed by atoms with van der Waals surface area (Å²) in [4.78, 5) is 17.5. The minimum absolute atomic E-state index is 0.211. The van der Waals surface area contributed by atoms with Crippen LogP contribution in [-0.2, 0) is 22.4 Å². The summed E-state index contributed by atoms with van der Waals surface area (Å²) in [6, 6.07) is 36.3. The van der Waals surface area contributed by atoms with E-state index in [1.807, 2.05) is 98.8 Å². The Morgan fingerprint density at radius 2 is 1.45 bits per heavy atom. The molecule has 0 fully saturated rings. The van der Waals surface area contributed by atoms with Crippen molar-refractivity contribution in [3.8, 4) is 34.4 Å². The first-order valence-electron chi connectivity index (χ1n) is 13.5. The SMILES string of the molecule is CCOC(=O)C(Cc1ccc(C#CCc2nc(-c3ccccc3)oc2C)cc1)c1ccc(-c2ccccc2)cc1. The van der Waals surface area contributed by atoms with Crippen LogP contribution in [0.15, 0.2) is 114 Å². The summed E-state index contributed by atoms with van der Waals surface area (Å²) < 4.78 is 11.3. The molecule has 0 spiro atoms. The molecule has 4 aromatic carbocycles. The third-order valence-electron chi connectivity index (χ3n) is 6.79. The van der Waals surface area contributed by atoms with Crippen LogP contribution < -0.4 is 0 Å². The van der Waals surface area contributed by atoms with E-state index >= 15 is 0 Å². The van der Waals surface area contributed by atoms with E-state index in [-0.39, 0.29) is 11.9 Å². The summed E-state index contributed by atoms with van der Waals surface area (Å²) in [5, 5.41) is 0. The molecule has 0 saturated carbocycles. The molecule has 0 amide bonds. The number of carbonyl (C=O) groups is 1. The van der Waals surface area contributed by atoms with Crippen molar-refractivity contribution < 1.29 is 13.9 Å². The van der Waals surface area contributed by atoms with Crippen molar-refractivity contribution in [3.05, 3.63) is 137 Å². The number of oxazole rings is 1. The Kier molecular flexibility index (Phi) is 8.53. The van der Waals surface area contributed by atoms with E-state index in [0.717, 1.165) is 44.8 Å². The van der Waals surface area contributed by atoms with Crippen molar-refractivity contribution in [2.45, 2.75) is 32.6 Å². The van der Waals surface area contributed by atoms with Crippen LogP contribution in [0.4, 0.5) is 0 Å². The van der Waals surface area contributed by atoms with Gasteiger partial charge in [0.2, 0.25) is 5.89 Å². The Morgan fingerprint density at radius 3 is 2.10 bits per heavy atom. The largest absolute Gasteiger partial charge is 0.466 e. The lowest BCUT2D eigenvalue weighted by molar-refractivity contribution is -0.144. The van der Waals surface area contributed by atoms with Gasteiger partial charge in [-0.05, 0) is 66.8 Å². The highest BCUT2D eigenvalue weighted by Crippen LogP contribution is 2.27. The Labute approximate surface area is 235 Å². The fourth-order valence-electron chi connectivity index (χ4n) is 4.60. The van der Waals surface area contributed by atoms with Crippen molar-refractivity contribution in [2.75, 3.05) is 6.61 Å². The standard InChI is InChI=1S/C36H31NO3/c1-3-39-36(38)33(31-23-21-30(22-24-31)29-12-6-4-7-13-29)25-28-19-17-27(18-20-28)11-10-16-34-26(2)40-35(37-34)32-14-8-5-9-15-32/h4-9,12-15,17-24,33H,3,16,25H2,1-2H3. The lowest BCUT2D eigenvalue weighted by Crippen LogP contribution is -2.18. The van der Waals surface area contributed by atoms with Gasteiger partial charge in [0.05, 0.1) is 24.6 Å². The highest BCUT2D eigenvalue weighted by molar-refractivity contribution is 5.79. The van der Waals surface area contributed by atoms with Crippen LogP contribution in [0, 0.1) is 18.8 Å². The van der Waals surface area contributed by atoms with Gasteiger partial charge in [-0.2, -0.15) is 0 Å². The minimum Gasteiger partial charge on any atom is -0.466 e. The molecule has 5 rings (SSSR count). The number of benzene rings is 4. The molecule has 0 saturated heterocycles. The molecular weight excluding hydrogens is 494 g/mol. The summed E-state index contributed by atoms with van der Waals surface area (Å²) in [7, 11) is 0. The predicted octanol–water partition coefficient (Wildman–Crippen LogP) is 7.80. The smallest absolute Gasteiger partial charge is 0.313 e. The van der Waals surface area contributed by atoms with E-state index in [1.54, 1.807) is 0 Å². The fourth-order valence-corrected chi connectivity index (χ4v) is 4.60. The van der Waals surface area contributed by atoms with Crippen LogP contribution in [0.5, 0.6) is 0 Å². The molecule has 1 aromatic heterocycles. The second-order valence-electron chi connectivity index (χ2n) is 9.56. The molecule has 1 atom stereocenters. The maximum absolute atomic E-state index is 12.9. The van der Waals surface area contributed by atoms with Gasteiger partial charge in [0.25, 0.3) is 0 Å². The Hall–Kier alpha value is -4.88. The fraction of sp³-hybridized carbons (Fsp3) is 0.167. The van der Waals surface area contributed by atoms with Gasteiger partial charge < -0.3 is 9.15 Å². The number of aryl methyl sites for hydroxylation is 1. The molecule has 0 aliphatic carbocycles. The summed E-state index contributed by atoms with van der Waals surface area (Å²) in [5.41, 5.74) is 6.97. The van der Waals surface area contributed by atoms with Gasteiger partial charge >= 0.3 is 5.97 Å². The first kappa shape index (κ1) is 26.7. The molecule has 0 aliphatic heterocycles. The van der Waals surface area contributed by atoms with Crippen molar-refractivity contribution in [2.24, 2.45) is 0 Å². The molecule has 40 heavy (non-hydrogen) atoms. The maximum atomic E-state index is 12.9. The van der Waals surface area contributed by atoms with Gasteiger partial charge in [-0.3, -0.25) is 4.79 Å². The van der Waals surface area contributed by atoms with Crippen LogP contribution in [0.25, 0.3) is 22.6 Å². The van der Waals surface area contributed by atoms with Crippen LogP contribution in [0.3, 0.4) is 0 Å². The molecular formula is C36H31NO3. The highest BCUT2D eigenvalue weighted by Gasteiger charge is 2.22. The van der Waals surface area contributed by atoms with Crippen molar-refractivity contribution in [1.82, 2.24) is 4.98 Å². The van der Waals surface area contributed by atoms with Crippen molar-refractivity contribution >= 4 is 5.97 Å². The highest BCUT2D eigenvalue weighted by atomic mass is 16.5. The van der Waals surface area contributed by atoms with E-state index in [4.69, 9.17) is 9.15 Å². The van der Waals surface area contributed by atoms with Crippen LogP contribution in [-0.4, -0.2) is 17.6 Å². The van der Waals surface area contributed by atoms with E-state index in [1.165, 1.54) is 0 Å². The van der Waals surface area contributed by atoms with E-state index in [0.29, 0.717) is 25.3 Å². The van der Waals surface area contributed by atoms with Gasteiger partial charge in [-0.25, -0.2) is 4.98 Å². The van der Waals surface area contributed by atoms with Gasteiger partial charge in [0.1, 0.15) is 5.76 Å². The predicted molar refractivity (Wildman–Crippen MR) is 159 cm³/mol. The number of carbonyl (C=O) groups excluding carboxylic acids is 1. The maximum Gasteiger partial charge on any atom is 0.313 e. The van der Waals surface area contributed by atoms with E-state index in [9.17, 15) is 4.79 Å². The normalized spacial score (nSPS) is 11.3. The monoisotopic (exact) mass is 525 g/mol. The first-order valence-corrected chi connectivity index (χ1v) is 13.5. The topological polar surface area (TPSA) is 52.3 Å². The number of nitrogens with zero attached hydrogens (tertiary/aromatic N) is 1. The molecule has 4 nitrogen and oxygen atoms in total. The number of rotatable bonds is 8. The number of hydrogen-bond acceptors (Lipinski definition) is 4. The molecule has 0 N–H and O–H groups in total. The summed E-state index contributed by atoms with van der Waals surface area (Å²) >= 11 is 0. The number of hydrogen-bond donors (Lipinski definition) is 0. The average molecular weight is 526 g/mol. The van der Waals surface area contributed by atoms with Gasteiger partial charge in [0, 0.05) is 11.1 Å². The molecule has 1 unspecified atom stereocenters. The zero-order valence-electron chi connectivity index (χ0n) is 22.8. The Morgan fingerprint density at radius 1 is 0.825 bits per heavy atom. The minimum atomic E-state index is -0.379. The van der Waals surface area contributed by atoms with Gasteiger partial charge in [0.15, 0.2) is 0 Å². The summed E-state index contributed by atoms with van der Waals surface area (Å²) in [6.45, 7) is 4.11. The molecule has 0 bridgehead atoms. The third-order valence-corrected chi connectivity index (χ3v) is 6.79. The van der Waals surface area contributed by atoms with Crippen molar-refractivity contribution in [1.29, 1.82) is 0 Å². The molecule has 4 heteroatoms. The van der Waals surface area contributed by atoms with Crippen molar-refractivity contribution in [3.63, 3.8) is 0 Å². The molecule has 0 aliphatic rings. The zero-order valence-corrected chi connectivity index (χ0v) is 22.8. The molecule has 5 aromatic rings. The Balaban J connectivity index is 1.26. The number of aromatic nitrogens is 1. The quantitative estimate of drug-likeness (QED) is 0.153. The van der Waals surface area contributed by atoms with Crippen LogP contribution in [0.2, 0.25) is 0 Å². The second kappa shape index (κ2) is 12.8.